The molecule has 4 rings (SSSR count). The van der Waals surface area contributed by atoms with Gasteiger partial charge < -0.3 is 20.1 Å². The minimum atomic E-state index is -0.934. The van der Waals surface area contributed by atoms with Gasteiger partial charge in [-0.2, -0.15) is 0 Å². The molecule has 0 unspecified atom stereocenters. The largest absolute Gasteiger partial charge is 0.550 e. The second-order valence-corrected chi connectivity index (χ2v) is 11.3. The van der Waals surface area contributed by atoms with E-state index in [2.05, 4.69) is 20.8 Å². The minimum absolute atomic E-state index is 0.162. The molecule has 4 saturated carbocycles. The Morgan fingerprint density at radius 3 is 2.43 bits per heavy atom. The monoisotopic (exact) mass is 391 g/mol. The van der Waals surface area contributed by atoms with Crippen LogP contribution in [0.3, 0.4) is 0 Å². The van der Waals surface area contributed by atoms with E-state index in [-0.39, 0.29) is 29.5 Å². The molecule has 4 fully saturated rings. The van der Waals surface area contributed by atoms with Gasteiger partial charge in [-0.25, -0.2) is 0 Å². The first kappa shape index (κ1) is 20.7. The number of hydrogen-bond acceptors (Lipinski definition) is 4. The normalized spacial score (nSPS) is 51.7. The van der Waals surface area contributed by atoms with Crippen LogP contribution in [0.5, 0.6) is 0 Å². The van der Waals surface area contributed by atoms with Crippen molar-refractivity contribution in [1.29, 1.82) is 0 Å². The van der Waals surface area contributed by atoms with Crippen LogP contribution in [0, 0.1) is 46.3 Å². The zero-order valence-corrected chi connectivity index (χ0v) is 17.9. The Hall–Kier alpha value is -0.610. The number of aliphatic hydroxyl groups excluding tert-OH is 2. The van der Waals surface area contributed by atoms with Gasteiger partial charge in [0.1, 0.15) is 0 Å². The summed E-state index contributed by atoms with van der Waals surface area (Å²) in [5.41, 5.74) is 0.494. The summed E-state index contributed by atoms with van der Waals surface area (Å²) < 4.78 is 0. The molecule has 0 amide bonds. The van der Waals surface area contributed by atoms with Crippen LogP contribution in [-0.2, 0) is 4.79 Å². The maximum Gasteiger partial charge on any atom is 0.0577 e. The number of carboxylic acids is 1. The average Bonchev–Trinajstić information content (AvgIpc) is 2.98. The van der Waals surface area contributed by atoms with Gasteiger partial charge in [0.05, 0.1) is 12.2 Å². The number of aliphatic carboxylic acids is 1. The van der Waals surface area contributed by atoms with E-state index in [0.717, 1.165) is 25.7 Å². The van der Waals surface area contributed by atoms with Gasteiger partial charge in [-0.05, 0) is 111 Å². The molecule has 4 nitrogen and oxygen atoms in total. The summed E-state index contributed by atoms with van der Waals surface area (Å²) in [5.74, 6) is 1.99. The summed E-state index contributed by atoms with van der Waals surface area (Å²) in [6.07, 6.45) is 8.91. The first-order valence-corrected chi connectivity index (χ1v) is 11.7. The number of carboxylic acid groups (broad SMARTS) is 1. The standard InChI is InChI=1S/C24H40O4/c1-14(4-7-21(27)28)17-5-6-18-22-19(9-11-24(17,18)3)23(2)10-8-16(25)12-15(23)13-20(22)26/h14-20,22,25-26H,4-13H2,1-3H3,(H,27,28)/p-1/t14-,15+,16+,17-,18+,19+,20-,22+,23+,24-/m1/s1. The Labute approximate surface area is 170 Å². The minimum Gasteiger partial charge on any atom is -0.550 e. The third kappa shape index (κ3) is 3.14. The molecule has 0 radical (unpaired) electrons. The van der Waals surface area contributed by atoms with Crippen molar-refractivity contribution < 1.29 is 20.1 Å². The first-order chi connectivity index (χ1) is 13.2. The number of hydrogen-bond donors (Lipinski definition) is 2. The number of aliphatic hydroxyl groups is 2. The van der Waals surface area contributed by atoms with Crippen molar-refractivity contribution in [2.75, 3.05) is 0 Å². The number of rotatable bonds is 4. The Morgan fingerprint density at radius 2 is 1.71 bits per heavy atom. The molecule has 0 spiro atoms. The zero-order valence-electron chi connectivity index (χ0n) is 17.9. The molecule has 0 heterocycles. The van der Waals surface area contributed by atoms with E-state index in [1.807, 2.05) is 0 Å². The van der Waals surface area contributed by atoms with E-state index in [1.165, 1.54) is 25.7 Å². The van der Waals surface area contributed by atoms with Crippen LogP contribution in [0.1, 0.15) is 85.0 Å². The van der Waals surface area contributed by atoms with E-state index >= 15 is 0 Å². The molecular formula is C24H39O4-. The van der Waals surface area contributed by atoms with E-state index in [0.29, 0.717) is 41.9 Å². The fourth-order valence-electron chi connectivity index (χ4n) is 8.72. The van der Waals surface area contributed by atoms with E-state index in [9.17, 15) is 20.1 Å². The van der Waals surface area contributed by atoms with Gasteiger partial charge >= 0.3 is 0 Å². The molecule has 0 bridgehead atoms. The fraction of sp³-hybridized carbons (Fsp3) is 0.958. The molecule has 4 aliphatic rings. The molecule has 0 saturated heterocycles. The summed E-state index contributed by atoms with van der Waals surface area (Å²) in [6, 6.07) is 0. The smallest absolute Gasteiger partial charge is 0.0577 e. The van der Waals surface area contributed by atoms with Gasteiger partial charge in [0.25, 0.3) is 0 Å². The fourth-order valence-corrected chi connectivity index (χ4v) is 8.72. The number of fused-ring (bicyclic) bond motifs is 5. The lowest BCUT2D eigenvalue weighted by molar-refractivity contribution is -0.306. The molecular weight excluding hydrogens is 352 g/mol. The summed E-state index contributed by atoms with van der Waals surface area (Å²) in [5, 5.41) is 32.4. The number of carbonyl (C=O) groups is 1. The van der Waals surface area contributed by atoms with Crippen LogP contribution in [-0.4, -0.2) is 28.4 Å². The molecule has 28 heavy (non-hydrogen) atoms. The predicted octanol–water partition coefficient (Wildman–Crippen LogP) is 3.14. The lowest BCUT2D eigenvalue weighted by Crippen LogP contribution is -2.58. The van der Waals surface area contributed by atoms with Gasteiger partial charge in [0.2, 0.25) is 0 Å². The molecule has 2 N–H and O–H groups in total. The summed E-state index contributed by atoms with van der Waals surface area (Å²) in [7, 11) is 0. The van der Waals surface area contributed by atoms with Crippen LogP contribution in [0.25, 0.3) is 0 Å². The van der Waals surface area contributed by atoms with Crippen molar-refractivity contribution in [3.05, 3.63) is 0 Å². The zero-order chi connectivity index (χ0) is 20.3. The van der Waals surface area contributed by atoms with Gasteiger partial charge in [-0.15, -0.1) is 0 Å². The quantitative estimate of drug-likeness (QED) is 0.771. The summed E-state index contributed by atoms with van der Waals surface area (Å²) in [6.45, 7) is 7.11. The van der Waals surface area contributed by atoms with Gasteiger partial charge in [0, 0.05) is 5.97 Å². The highest BCUT2D eigenvalue weighted by Crippen LogP contribution is 2.68. The van der Waals surface area contributed by atoms with Crippen molar-refractivity contribution in [3.8, 4) is 0 Å². The van der Waals surface area contributed by atoms with Crippen molar-refractivity contribution in [2.24, 2.45) is 46.3 Å². The van der Waals surface area contributed by atoms with Gasteiger partial charge in [-0.3, -0.25) is 0 Å². The Balaban J connectivity index is 1.55. The van der Waals surface area contributed by atoms with Crippen LogP contribution < -0.4 is 5.11 Å². The Kier molecular flexibility index (Phi) is 5.36. The van der Waals surface area contributed by atoms with Gasteiger partial charge in [-0.1, -0.05) is 20.8 Å². The lowest BCUT2D eigenvalue weighted by atomic mass is 9.43. The van der Waals surface area contributed by atoms with Gasteiger partial charge in [0.15, 0.2) is 0 Å². The highest BCUT2D eigenvalue weighted by atomic mass is 16.4. The lowest BCUT2D eigenvalue weighted by Gasteiger charge is -2.62. The average molecular weight is 392 g/mol. The summed E-state index contributed by atoms with van der Waals surface area (Å²) in [4.78, 5) is 10.9. The second-order valence-electron chi connectivity index (χ2n) is 11.3. The SMILES string of the molecule is C[C@H](CCC(=O)[O-])[C@H]1CC[C@H]2[C@@H]3[C@H](O)C[C@@H]4C[C@@H](O)CC[C@]4(C)[C@H]3CC[C@]12C. The molecule has 4 heteroatoms. The predicted molar refractivity (Wildman–Crippen MR) is 106 cm³/mol. The van der Waals surface area contributed by atoms with Crippen LogP contribution in [0.4, 0.5) is 0 Å². The highest BCUT2D eigenvalue weighted by molar-refractivity contribution is 5.64. The third-order valence-electron chi connectivity index (χ3n) is 10.2. The summed E-state index contributed by atoms with van der Waals surface area (Å²) >= 11 is 0. The third-order valence-corrected chi connectivity index (χ3v) is 10.2. The molecule has 0 aromatic rings. The molecule has 0 aliphatic heterocycles. The molecule has 4 aliphatic carbocycles. The maximum absolute atomic E-state index is 11.2. The van der Waals surface area contributed by atoms with Crippen LogP contribution in [0.2, 0.25) is 0 Å². The van der Waals surface area contributed by atoms with E-state index < -0.39 is 5.97 Å². The topological polar surface area (TPSA) is 80.6 Å². The van der Waals surface area contributed by atoms with Crippen LogP contribution in [0.15, 0.2) is 0 Å². The van der Waals surface area contributed by atoms with Crippen molar-refractivity contribution >= 4 is 5.97 Å². The van der Waals surface area contributed by atoms with E-state index in [4.69, 9.17) is 0 Å². The highest BCUT2D eigenvalue weighted by Gasteiger charge is 2.62. The molecule has 10 atom stereocenters. The molecule has 160 valence electrons. The Morgan fingerprint density at radius 1 is 1.04 bits per heavy atom. The number of carbonyl (C=O) groups excluding carboxylic acids is 1. The molecule has 0 aromatic carbocycles. The van der Waals surface area contributed by atoms with E-state index in [1.54, 1.807) is 0 Å². The second kappa shape index (κ2) is 7.27. The van der Waals surface area contributed by atoms with Crippen molar-refractivity contribution in [3.63, 3.8) is 0 Å². The first-order valence-electron chi connectivity index (χ1n) is 11.7. The Bertz CT molecular complexity index is 605. The van der Waals surface area contributed by atoms with Crippen molar-refractivity contribution in [2.45, 2.75) is 97.2 Å². The van der Waals surface area contributed by atoms with Crippen molar-refractivity contribution in [1.82, 2.24) is 0 Å². The molecule has 0 aromatic heterocycles. The van der Waals surface area contributed by atoms with Crippen LogP contribution >= 0.6 is 0 Å². The maximum atomic E-state index is 11.2.